The number of aliphatic hydroxyl groups excluding tert-OH is 1. The van der Waals surface area contributed by atoms with Gasteiger partial charge in [0.05, 0.1) is 25.4 Å². The molecule has 1 atom stereocenters. The Balaban J connectivity index is 1.80. The zero-order valence-corrected chi connectivity index (χ0v) is 15.7. The van der Waals surface area contributed by atoms with Crippen molar-refractivity contribution in [3.05, 3.63) is 101 Å². The van der Waals surface area contributed by atoms with Crippen LogP contribution in [0.2, 0.25) is 0 Å². The number of aliphatic hydroxyl groups is 1. The molecule has 1 N–H and O–H groups in total. The Morgan fingerprint density at radius 2 is 1.79 bits per heavy atom. The third kappa shape index (κ3) is 3.57. The van der Waals surface area contributed by atoms with Crippen molar-refractivity contribution < 1.29 is 19.0 Å². The second kappa shape index (κ2) is 7.75. The van der Waals surface area contributed by atoms with E-state index >= 15 is 0 Å². The van der Waals surface area contributed by atoms with Crippen molar-refractivity contribution in [3.63, 3.8) is 0 Å². The van der Waals surface area contributed by atoms with Crippen molar-refractivity contribution in [2.24, 2.45) is 0 Å². The Bertz CT molecular complexity index is 1050. The Kier molecular flexibility index (Phi) is 4.99. The number of methoxy groups -OCH3 is 1. The van der Waals surface area contributed by atoms with Crippen molar-refractivity contribution >= 4 is 11.5 Å². The molecule has 0 bridgehead atoms. The number of hydrogen-bond acceptors (Lipinski definition) is 4. The van der Waals surface area contributed by atoms with Gasteiger partial charge in [-0.15, -0.1) is 0 Å². The van der Waals surface area contributed by atoms with Crippen LogP contribution in [0.3, 0.4) is 0 Å². The van der Waals surface area contributed by atoms with Crippen molar-refractivity contribution in [3.8, 4) is 5.75 Å². The van der Waals surface area contributed by atoms with Crippen molar-refractivity contribution in [1.29, 1.82) is 0 Å². The van der Waals surface area contributed by atoms with Gasteiger partial charge in [-0.05, 0) is 47.5 Å². The number of amides is 1. The monoisotopic (exact) mass is 390 g/mol. The molecule has 0 radical (unpaired) electrons. The number of pyridine rings is 1. The average molecular weight is 390 g/mol. The molecule has 0 saturated carbocycles. The van der Waals surface area contributed by atoms with Crippen LogP contribution in [0, 0.1) is 5.82 Å². The fourth-order valence-electron chi connectivity index (χ4n) is 3.54. The van der Waals surface area contributed by atoms with E-state index in [9.17, 15) is 14.3 Å². The van der Waals surface area contributed by atoms with Crippen LogP contribution in [0.25, 0.3) is 5.57 Å². The molecule has 3 aromatic rings. The molecule has 0 spiro atoms. The highest BCUT2D eigenvalue weighted by Crippen LogP contribution is 2.43. The summed E-state index contributed by atoms with van der Waals surface area (Å²) in [6.07, 6.45) is 1.65. The van der Waals surface area contributed by atoms with Gasteiger partial charge >= 0.3 is 0 Å². The van der Waals surface area contributed by atoms with Crippen LogP contribution >= 0.6 is 0 Å². The first-order chi connectivity index (χ1) is 14.1. The number of carbonyl (C=O) groups is 1. The van der Waals surface area contributed by atoms with E-state index in [0.29, 0.717) is 28.1 Å². The molecule has 146 valence electrons. The van der Waals surface area contributed by atoms with Crippen molar-refractivity contribution in [2.75, 3.05) is 7.11 Å². The minimum Gasteiger partial charge on any atom is -0.503 e. The lowest BCUT2D eigenvalue weighted by molar-refractivity contribution is -0.130. The molecule has 29 heavy (non-hydrogen) atoms. The first kappa shape index (κ1) is 18.7. The summed E-state index contributed by atoms with van der Waals surface area (Å²) in [5.41, 5.74) is 2.55. The number of ether oxygens (including phenoxy) is 1. The Morgan fingerprint density at radius 3 is 2.41 bits per heavy atom. The summed E-state index contributed by atoms with van der Waals surface area (Å²) in [7, 11) is 1.57. The van der Waals surface area contributed by atoms with Crippen molar-refractivity contribution in [2.45, 2.75) is 12.6 Å². The summed E-state index contributed by atoms with van der Waals surface area (Å²) < 4.78 is 18.7. The van der Waals surface area contributed by atoms with Crippen LogP contribution in [-0.2, 0) is 11.3 Å². The number of halogens is 1. The van der Waals surface area contributed by atoms with Crippen LogP contribution in [0.5, 0.6) is 5.75 Å². The highest BCUT2D eigenvalue weighted by atomic mass is 19.1. The number of nitrogens with zero attached hydrogens (tertiary/aromatic N) is 2. The molecule has 5 nitrogen and oxygen atoms in total. The molecular formula is C23H19FN2O3. The quantitative estimate of drug-likeness (QED) is 0.706. The van der Waals surface area contributed by atoms with Gasteiger partial charge in [0.1, 0.15) is 11.6 Å². The standard InChI is InChI=1S/C23H19FN2O3/c1-29-19-11-7-15(8-12-19)20-21(16-5-9-17(24)10-6-16)26(23(28)22(20)27)14-18-4-2-3-13-25-18/h2-13,21,27H,14H2,1H3. The van der Waals surface area contributed by atoms with E-state index in [1.165, 1.54) is 12.1 Å². The van der Waals surface area contributed by atoms with E-state index in [2.05, 4.69) is 4.98 Å². The molecule has 4 rings (SSSR count). The molecule has 0 saturated heterocycles. The lowest BCUT2D eigenvalue weighted by atomic mass is 9.93. The predicted octanol–water partition coefficient (Wildman–Crippen LogP) is 4.28. The molecular weight excluding hydrogens is 371 g/mol. The van der Waals surface area contributed by atoms with E-state index in [4.69, 9.17) is 4.74 Å². The summed E-state index contributed by atoms with van der Waals surface area (Å²) >= 11 is 0. The number of rotatable bonds is 5. The maximum absolute atomic E-state index is 13.5. The smallest absolute Gasteiger partial charge is 0.290 e. The predicted molar refractivity (Wildman–Crippen MR) is 106 cm³/mol. The summed E-state index contributed by atoms with van der Waals surface area (Å²) in [6, 6.07) is 17.9. The van der Waals surface area contributed by atoms with Crippen LogP contribution in [0.1, 0.15) is 22.9 Å². The topological polar surface area (TPSA) is 62.7 Å². The minimum atomic E-state index is -0.571. The normalized spacial score (nSPS) is 16.4. The van der Waals surface area contributed by atoms with Gasteiger partial charge in [0.2, 0.25) is 0 Å². The lowest BCUT2D eigenvalue weighted by Crippen LogP contribution is -2.30. The maximum Gasteiger partial charge on any atom is 0.290 e. The summed E-state index contributed by atoms with van der Waals surface area (Å²) in [4.78, 5) is 18.8. The third-order valence-corrected chi connectivity index (χ3v) is 4.95. The fraction of sp³-hybridized carbons (Fsp3) is 0.130. The van der Waals surface area contributed by atoms with Crippen LogP contribution < -0.4 is 4.74 Å². The first-order valence-electron chi connectivity index (χ1n) is 9.12. The maximum atomic E-state index is 13.5. The van der Waals surface area contributed by atoms with Crippen LogP contribution in [0.4, 0.5) is 4.39 Å². The minimum absolute atomic E-state index is 0.214. The van der Waals surface area contributed by atoms with Gasteiger partial charge in [-0.25, -0.2) is 4.39 Å². The second-order valence-electron chi connectivity index (χ2n) is 6.70. The van der Waals surface area contributed by atoms with Gasteiger partial charge in [0, 0.05) is 11.8 Å². The second-order valence-corrected chi connectivity index (χ2v) is 6.70. The van der Waals surface area contributed by atoms with E-state index in [-0.39, 0.29) is 18.1 Å². The molecule has 0 fully saturated rings. The third-order valence-electron chi connectivity index (χ3n) is 4.95. The lowest BCUT2D eigenvalue weighted by Gasteiger charge is -2.27. The Labute approximate surface area is 167 Å². The van der Waals surface area contributed by atoms with E-state index in [1.54, 1.807) is 60.7 Å². The van der Waals surface area contributed by atoms with Crippen molar-refractivity contribution in [1.82, 2.24) is 9.88 Å². The highest BCUT2D eigenvalue weighted by Gasteiger charge is 2.41. The van der Waals surface area contributed by atoms with Gasteiger partial charge in [0.15, 0.2) is 5.76 Å². The van der Waals surface area contributed by atoms with E-state index in [0.717, 1.165) is 0 Å². The Morgan fingerprint density at radius 1 is 1.07 bits per heavy atom. The SMILES string of the molecule is COc1ccc(C2=C(O)C(=O)N(Cc3ccccn3)C2c2ccc(F)cc2)cc1. The fourth-order valence-corrected chi connectivity index (χ4v) is 3.54. The van der Waals surface area contributed by atoms with Gasteiger partial charge in [-0.2, -0.15) is 0 Å². The summed E-state index contributed by atoms with van der Waals surface area (Å²) in [5, 5.41) is 10.7. The van der Waals surface area contributed by atoms with Gasteiger partial charge in [-0.1, -0.05) is 30.3 Å². The molecule has 1 unspecified atom stereocenters. The molecule has 1 amide bonds. The van der Waals surface area contributed by atoms with Crippen LogP contribution in [-0.4, -0.2) is 28.0 Å². The summed E-state index contributed by atoms with van der Waals surface area (Å²) in [5.74, 6) is -0.508. The molecule has 0 aliphatic carbocycles. The zero-order valence-electron chi connectivity index (χ0n) is 15.7. The molecule has 1 aromatic heterocycles. The van der Waals surface area contributed by atoms with E-state index in [1.807, 2.05) is 12.1 Å². The van der Waals surface area contributed by atoms with Gasteiger partial charge in [-0.3, -0.25) is 9.78 Å². The molecule has 1 aliphatic rings. The zero-order chi connectivity index (χ0) is 20.4. The average Bonchev–Trinajstić information content (AvgIpc) is 3.00. The highest BCUT2D eigenvalue weighted by molar-refractivity contribution is 6.05. The molecule has 2 aromatic carbocycles. The number of hydrogen-bond donors (Lipinski definition) is 1. The van der Waals surface area contributed by atoms with Gasteiger partial charge < -0.3 is 14.7 Å². The number of carbonyl (C=O) groups excluding carboxylic acids is 1. The number of benzene rings is 2. The van der Waals surface area contributed by atoms with Gasteiger partial charge in [0.25, 0.3) is 5.91 Å². The largest absolute Gasteiger partial charge is 0.503 e. The van der Waals surface area contributed by atoms with Crippen LogP contribution in [0.15, 0.2) is 78.7 Å². The molecule has 6 heteroatoms. The Hall–Kier alpha value is -3.67. The van der Waals surface area contributed by atoms with E-state index < -0.39 is 11.9 Å². The number of aromatic nitrogens is 1. The molecule has 2 heterocycles. The summed E-state index contributed by atoms with van der Waals surface area (Å²) in [6.45, 7) is 0.214. The first-order valence-corrected chi connectivity index (χ1v) is 9.12. The molecule has 1 aliphatic heterocycles.